The van der Waals surface area contributed by atoms with Crippen molar-refractivity contribution < 1.29 is 0 Å². The summed E-state index contributed by atoms with van der Waals surface area (Å²) in [7, 11) is 0. The highest BCUT2D eigenvalue weighted by atomic mass is 15.2. The van der Waals surface area contributed by atoms with Gasteiger partial charge in [-0.3, -0.25) is 0 Å². The lowest BCUT2D eigenvalue weighted by Crippen LogP contribution is -2.25. The Morgan fingerprint density at radius 2 is 2.05 bits per heavy atom. The van der Waals surface area contributed by atoms with E-state index in [9.17, 15) is 0 Å². The minimum atomic E-state index is 0.488. The van der Waals surface area contributed by atoms with Gasteiger partial charge in [0.1, 0.15) is 6.07 Å². The molecule has 4 heteroatoms. The lowest BCUT2D eigenvalue weighted by Gasteiger charge is -2.24. The molecule has 0 atom stereocenters. The van der Waals surface area contributed by atoms with Crippen LogP contribution in [0.2, 0.25) is 0 Å². The van der Waals surface area contributed by atoms with Gasteiger partial charge in [-0.05, 0) is 18.1 Å². The third kappa shape index (κ3) is 3.27. The largest absolute Gasteiger partial charge is 0.396 e. The van der Waals surface area contributed by atoms with Crippen LogP contribution in [-0.2, 0) is 6.54 Å². The monoisotopic (exact) mass is 266 g/mol. The van der Waals surface area contributed by atoms with Crippen molar-refractivity contribution in [3.8, 4) is 6.07 Å². The van der Waals surface area contributed by atoms with Crippen LogP contribution < -0.4 is 10.6 Å². The molecule has 0 amide bonds. The zero-order chi connectivity index (χ0) is 14.4. The second-order valence-electron chi connectivity index (χ2n) is 4.66. The molecular formula is C16H18N4. The molecule has 2 rings (SSSR count). The molecule has 2 N–H and O–H groups in total. The van der Waals surface area contributed by atoms with E-state index in [1.54, 1.807) is 12.3 Å². The standard InChI is InChI=1S/C16H18N4/c1-2-8-20(12-13-6-4-3-5-7-13)16-15(18)9-14(10-17)11-19-16/h3-7,9,11H,2,8,12,18H2,1H3. The SMILES string of the molecule is CCCN(Cc1ccccc1)c1ncc(C#N)cc1N. The summed E-state index contributed by atoms with van der Waals surface area (Å²) >= 11 is 0. The molecule has 0 spiro atoms. The number of nitrogen functional groups attached to an aromatic ring is 1. The summed E-state index contributed by atoms with van der Waals surface area (Å²) in [5.41, 5.74) is 8.28. The Morgan fingerprint density at radius 1 is 1.30 bits per heavy atom. The molecule has 20 heavy (non-hydrogen) atoms. The van der Waals surface area contributed by atoms with Crippen LogP contribution in [0.5, 0.6) is 0 Å². The van der Waals surface area contributed by atoms with Gasteiger partial charge in [0.2, 0.25) is 0 Å². The Kier molecular flexibility index (Phi) is 4.56. The summed E-state index contributed by atoms with van der Waals surface area (Å²) < 4.78 is 0. The van der Waals surface area contributed by atoms with Crippen molar-refractivity contribution in [2.75, 3.05) is 17.2 Å². The quantitative estimate of drug-likeness (QED) is 0.903. The summed E-state index contributed by atoms with van der Waals surface area (Å²) in [6.07, 6.45) is 2.58. The highest BCUT2D eigenvalue weighted by molar-refractivity contribution is 5.64. The van der Waals surface area contributed by atoms with Crippen molar-refractivity contribution in [2.45, 2.75) is 19.9 Å². The van der Waals surface area contributed by atoms with Gasteiger partial charge in [-0.2, -0.15) is 5.26 Å². The van der Waals surface area contributed by atoms with Gasteiger partial charge in [0.05, 0.1) is 11.3 Å². The summed E-state index contributed by atoms with van der Waals surface area (Å²) in [6, 6.07) is 14.0. The summed E-state index contributed by atoms with van der Waals surface area (Å²) in [5, 5.41) is 8.87. The van der Waals surface area contributed by atoms with Crippen LogP contribution in [-0.4, -0.2) is 11.5 Å². The van der Waals surface area contributed by atoms with E-state index in [-0.39, 0.29) is 0 Å². The average molecular weight is 266 g/mol. The van der Waals surface area contributed by atoms with E-state index < -0.39 is 0 Å². The van der Waals surface area contributed by atoms with Gasteiger partial charge < -0.3 is 10.6 Å². The molecule has 1 aromatic carbocycles. The molecule has 0 unspecified atom stereocenters. The van der Waals surface area contributed by atoms with Crippen LogP contribution in [0, 0.1) is 11.3 Å². The zero-order valence-electron chi connectivity index (χ0n) is 11.6. The first-order valence-corrected chi connectivity index (χ1v) is 6.69. The van der Waals surface area contributed by atoms with Gasteiger partial charge in [-0.15, -0.1) is 0 Å². The van der Waals surface area contributed by atoms with E-state index in [2.05, 4.69) is 35.0 Å². The lowest BCUT2D eigenvalue weighted by atomic mass is 10.2. The number of nitriles is 1. The van der Waals surface area contributed by atoms with E-state index in [1.807, 2.05) is 18.2 Å². The van der Waals surface area contributed by atoms with Gasteiger partial charge in [0.25, 0.3) is 0 Å². The fraction of sp³-hybridized carbons (Fsp3) is 0.250. The van der Waals surface area contributed by atoms with Crippen molar-refractivity contribution in [2.24, 2.45) is 0 Å². The van der Waals surface area contributed by atoms with Crippen LogP contribution in [0.15, 0.2) is 42.6 Å². The highest BCUT2D eigenvalue weighted by Gasteiger charge is 2.12. The summed E-state index contributed by atoms with van der Waals surface area (Å²) in [5.74, 6) is 0.745. The van der Waals surface area contributed by atoms with Crippen LogP contribution in [0.3, 0.4) is 0 Å². The van der Waals surface area contributed by atoms with E-state index >= 15 is 0 Å². The average Bonchev–Trinajstić information content (AvgIpc) is 2.48. The number of anilines is 2. The first kappa shape index (κ1) is 13.9. The van der Waals surface area contributed by atoms with Gasteiger partial charge in [-0.25, -0.2) is 4.98 Å². The number of benzene rings is 1. The number of pyridine rings is 1. The van der Waals surface area contributed by atoms with Gasteiger partial charge in [0, 0.05) is 19.3 Å². The number of rotatable bonds is 5. The molecule has 102 valence electrons. The number of aromatic nitrogens is 1. The summed E-state index contributed by atoms with van der Waals surface area (Å²) in [6.45, 7) is 3.76. The fourth-order valence-electron chi connectivity index (χ4n) is 2.13. The highest BCUT2D eigenvalue weighted by Crippen LogP contribution is 2.23. The minimum Gasteiger partial charge on any atom is -0.396 e. The van der Waals surface area contributed by atoms with Crippen LogP contribution in [0.25, 0.3) is 0 Å². The van der Waals surface area contributed by atoms with Crippen molar-refractivity contribution in [1.29, 1.82) is 5.26 Å². The molecule has 0 radical (unpaired) electrons. The molecule has 1 heterocycles. The molecule has 0 bridgehead atoms. The number of nitrogens with two attached hydrogens (primary N) is 1. The second-order valence-corrected chi connectivity index (χ2v) is 4.66. The lowest BCUT2D eigenvalue weighted by molar-refractivity contribution is 0.756. The van der Waals surface area contributed by atoms with Crippen molar-refractivity contribution >= 4 is 11.5 Å². The minimum absolute atomic E-state index is 0.488. The number of hydrogen-bond donors (Lipinski definition) is 1. The molecule has 0 fully saturated rings. The third-order valence-electron chi connectivity index (χ3n) is 3.03. The van der Waals surface area contributed by atoms with Gasteiger partial charge >= 0.3 is 0 Å². The molecule has 4 nitrogen and oxygen atoms in total. The van der Waals surface area contributed by atoms with Gasteiger partial charge in [-0.1, -0.05) is 37.3 Å². The molecule has 2 aromatic rings. The Balaban J connectivity index is 2.27. The van der Waals surface area contributed by atoms with Gasteiger partial charge in [0.15, 0.2) is 5.82 Å². The molecular weight excluding hydrogens is 248 g/mol. The van der Waals surface area contributed by atoms with Crippen molar-refractivity contribution in [3.05, 3.63) is 53.7 Å². The maximum absolute atomic E-state index is 8.87. The first-order valence-electron chi connectivity index (χ1n) is 6.69. The normalized spacial score (nSPS) is 10.0. The molecule has 0 aliphatic rings. The molecule has 1 aromatic heterocycles. The predicted octanol–water partition coefficient (Wildman–Crippen LogP) is 2.95. The van der Waals surface area contributed by atoms with Crippen molar-refractivity contribution in [3.63, 3.8) is 0 Å². The van der Waals surface area contributed by atoms with E-state index in [1.165, 1.54) is 5.56 Å². The zero-order valence-corrected chi connectivity index (χ0v) is 11.6. The van der Waals surface area contributed by atoms with E-state index in [0.29, 0.717) is 11.3 Å². The fourth-order valence-corrected chi connectivity index (χ4v) is 2.13. The molecule has 0 aliphatic heterocycles. The van der Waals surface area contributed by atoms with Crippen LogP contribution in [0.1, 0.15) is 24.5 Å². The maximum atomic E-state index is 8.87. The van der Waals surface area contributed by atoms with E-state index in [0.717, 1.165) is 25.3 Å². The molecule has 0 saturated carbocycles. The second kappa shape index (κ2) is 6.58. The Labute approximate surface area is 119 Å². The Bertz CT molecular complexity index is 602. The first-order chi connectivity index (χ1) is 9.74. The van der Waals surface area contributed by atoms with E-state index in [4.69, 9.17) is 11.0 Å². The van der Waals surface area contributed by atoms with Crippen molar-refractivity contribution in [1.82, 2.24) is 4.98 Å². The predicted molar refractivity (Wildman–Crippen MR) is 81.1 cm³/mol. The summed E-state index contributed by atoms with van der Waals surface area (Å²) in [4.78, 5) is 6.49. The topological polar surface area (TPSA) is 65.9 Å². The van der Waals surface area contributed by atoms with Crippen LogP contribution in [0.4, 0.5) is 11.5 Å². The molecule has 0 aliphatic carbocycles. The maximum Gasteiger partial charge on any atom is 0.152 e. The number of nitrogens with zero attached hydrogens (tertiary/aromatic N) is 3. The van der Waals surface area contributed by atoms with Crippen LogP contribution >= 0.6 is 0 Å². The Hall–Kier alpha value is -2.54. The Morgan fingerprint density at radius 3 is 2.65 bits per heavy atom. The smallest absolute Gasteiger partial charge is 0.152 e. The number of hydrogen-bond acceptors (Lipinski definition) is 4. The molecule has 0 saturated heterocycles. The third-order valence-corrected chi connectivity index (χ3v) is 3.03.